The monoisotopic (exact) mass is 425 g/mol. The molecule has 0 saturated heterocycles. The quantitative estimate of drug-likeness (QED) is 0.602. The van der Waals surface area contributed by atoms with Gasteiger partial charge in [-0.2, -0.15) is 0 Å². The van der Waals surface area contributed by atoms with Crippen molar-refractivity contribution in [1.82, 2.24) is 19.9 Å². The third-order valence-electron chi connectivity index (χ3n) is 5.91. The number of aromatic amines is 1. The minimum atomic E-state index is -0.170. The molecule has 0 spiro atoms. The first-order valence-electron chi connectivity index (χ1n) is 10.1. The van der Waals surface area contributed by atoms with E-state index in [1.54, 1.807) is 37.4 Å². The average molecular weight is 426 g/mol. The van der Waals surface area contributed by atoms with Gasteiger partial charge in [0.1, 0.15) is 17.8 Å². The molecule has 0 bridgehead atoms. The van der Waals surface area contributed by atoms with Gasteiger partial charge >= 0.3 is 0 Å². The van der Waals surface area contributed by atoms with Gasteiger partial charge in [0.25, 0.3) is 0 Å². The fraction of sp³-hybridized carbons (Fsp3) is 0.364. The van der Waals surface area contributed by atoms with Crippen LogP contribution in [0.1, 0.15) is 48.5 Å². The number of anilines is 1. The molecule has 1 aliphatic rings. The number of fused-ring (bicyclic) bond motifs is 1. The molecular formula is C22H24ClN5O2. The summed E-state index contributed by atoms with van der Waals surface area (Å²) in [7, 11) is 1.86. The highest BCUT2D eigenvalue weighted by Crippen LogP contribution is 2.30. The van der Waals surface area contributed by atoms with Crippen molar-refractivity contribution in [3.63, 3.8) is 0 Å². The van der Waals surface area contributed by atoms with Crippen LogP contribution in [0.15, 0.2) is 36.8 Å². The molecule has 4 rings (SSSR count). The number of aromatic nitrogens is 3. The van der Waals surface area contributed by atoms with E-state index in [2.05, 4.69) is 20.3 Å². The summed E-state index contributed by atoms with van der Waals surface area (Å²) in [6.07, 6.45) is 6.86. The molecule has 1 amide bonds. The minimum absolute atomic E-state index is 0.0963. The number of nitrogens with one attached hydrogen (secondary N) is 2. The Kier molecular flexibility index (Phi) is 5.72. The number of amides is 1. The summed E-state index contributed by atoms with van der Waals surface area (Å²) in [5.41, 5.74) is 1.54. The lowest BCUT2D eigenvalue weighted by Crippen LogP contribution is -2.40. The highest BCUT2D eigenvalue weighted by atomic mass is 35.5. The molecule has 3 aromatic rings. The van der Waals surface area contributed by atoms with Crippen LogP contribution in [0.4, 0.5) is 5.82 Å². The van der Waals surface area contributed by atoms with Gasteiger partial charge in [0.05, 0.1) is 16.0 Å². The summed E-state index contributed by atoms with van der Waals surface area (Å²) in [5.74, 6) is 0.565. The summed E-state index contributed by atoms with van der Waals surface area (Å²) in [4.78, 5) is 38.4. The van der Waals surface area contributed by atoms with E-state index in [1.807, 2.05) is 11.9 Å². The Labute approximate surface area is 179 Å². The van der Waals surface area contributed by atoms with Gasteiger partial charge in [-0.1, -0.05) is 23.7 Å². The molecule has 2 aromatic heterocycles. The lowest BCUT2D eigenvalue weighted by molar-refractivity contribution is -0.130. The molecule has 7 nitrogen and oxygen atoms in total. The van der Waals surface area contributed by atoms with Crippen molar-refractivity contribution >= 4 is 40.1 Å². The van der Waals surface area contributed by atoms with Crippen molar-refractivity contribution in [3.8, 4) is 0 Å². The van der Waals surface area contributed by atoms with E-state index in [0.29, 0.717) is 33.0 Å². The smallest absolute Gasteiger partial charge is 0.219 e. The molecule has 1 fully saturated rings. The van der Waals surface area contributed by atoms with E-state index >= 15 is 0 Å². The maximum Gasteiger partial charge on any atom is 0.219 e. The molecule has 2 N–H and O–H groups in total. The van der Waals surface area contributed by atoms with Crippen LogP contribution in [0, 0.1) is 0 Å². The summed E-state index contributed by atoms with van der Waals surface area (Å²) in [5, 5.41) is 4.58. The number of benzene rings is 1. The van der Waals surface area contributed by atoms with E-state index in [1.165, 1.54) is 6.33 Å². The Bertz CT molecular complexity index is 1090. The number of halogens is 1. The highest BCUT2D eigenvalue weighted by Gasteiger charge is 2.27. The van der Waals surface area contributed by atoms with Crippen LogP contribution in [0.2, 0.25) is 5.02 Å². The molecule has 1 aliphatic carbocycles. The summed E-state index contributed by atoms with van der Waals surface area (Å²) < 4.78 is 0. The highest BCUT2D eigenvalue weighted by molar-refractivity contribution is 6.35. The number of carbonyl (C=O) groups is 2. The number of nitrogens with zero attached hydrogens (tertiary/aromatic N) is 3. The lowest BCUT2D eigenvalue weighted by atomic mass is 9.90. The maximum atomic E-state index is 13.1. The van der Waals surface area contributed by atoms with Gasteiger partial charge in [0, 0.05) is 37.8 Å². The van der Waals surface area contributed by atoms with Gasteiger partial charge in [-0.05, 0) is 37.8 Å². The number of H-pyrrole nitrogens is 1. The van der Waals surface area contributed by atoms with E-state index in [0.717, 1.165) is 25.7 Å². The zero-order valence-corrected chi connectivity index (χ0v) is 17.7. The zero-order valence-electron chi connectivity index (χ0n) is 17.0. The van der Waals surface area contributed by atoms with Gasteiger partial charge in [-0.3, -0.25) is 9.59 Å². The van der Waals surface area contributed by atoms with Crippen molar-refractivity contribution in [2.75, 3.05) is 12.4 Å². The average Bonchev–Trinajstić information content (AvgIpc) is 3.19. The van der Waals surface area contributed by atoms with Crippen LogP contribution in [0.25, 0.3) is 11.0 Å². The van der Waals surface area contributed by atoms with Crippen molar-refractivity contribution in [1.29, 1.82) is 0 Å². The van der Waals surface area contributed by atoms with E-state index in [-0.39, 0.29) is 23.8 Å². The first-order chi connectivity index (χ1) is 14.5. The number of rotatable bonds is 5. The van der Waals surface area contributed by atoms with Gasteiger partial charge in [-0.15, -0.1) is 0 Å². The molecule has 0 aliphatic heterocycles. The molecule has 1 aromatic carbocycles. The molecule has 1 saturated carbocycles. The van der Waals surface area contributed by atoms with Gasteiger partial charge in [0.15, 0.2) is 5.78 Å². The van der Waals surface area contributed by atoms with E-state index < -0.39 is 0 Å². The zero-order chi connectivity index (χ0) is 21.3. The van der Waals surface area contributed by atoms with Crippen molar-refractivity contribution in [2.45, 2.75) is 44.7 Å². The van der Waals surface area contributed by atoms with Crippen LogP contribution in [0.3, 0.4) is 0 Å². The first kappa shape index (κ1) is 20.3. The number of hydrogen-bond acceptors (Lipinski definition) is 5. The largest absolute Gasteiger partial charge is 0.367 e. The Morgan fingerprint density at radius 2 is 1.87 bits per heavy atom. The van der Waals surface area contributed by atoms with Gasteiger partial charge in [0.2, 0.25) is 5.91 Å². The second kappa shape index (κ2) is 8.44. The fourth-order valence-corrected chi connectivity index (χ4v) is 4.32. The molecule has 0 unspecified atom stereocenters. The molecule has 0 radical (unpaired) electrons. The minimum Gasteiger partial charge on any atom is -0.367 e. The van der Waals surface area contributed by atoms with Crippen LogP contribution in [-0.2, 0) is 4.79 Å². The standard InChI is InChI=1S/C22H24ClN5O2/c1-13(29)28(2)15-9-7-14(8-10-15)27-22-19-17(11-24-21(19)25-12-26-22)20(30)16-5-3-4-6-18(16)23/h3-6,11-12,14-15H,7-10H2,1-2H3,(H2,24,25,26,27)/t14-,15+. The Hall–Kier alpha value is -2.93. The molecule has 8 heteroatoms. The third-order valence-corrected chi connectivity index (χ3v) is 6.24. The summed E-state index contributed by atoms with van der Waals surface area (Å²) in [6.45, 7) is 1.60. The van der Waals surface area contributed by atoms with Crippen LogP contribution < -0.4 is 5.32 Å². The topological polar surface area (TPSA) is 91.0 Å². The second-order valence-electron chi connectivity index (χ2n) is 7.74. The Balaban J connectivity index is 1.57. The number of ketones is 1. The number of carbonyl (C=O) groups excluding carboxylic acids is 2. The predicted molar refractivity (Wildman–Crippen MR) is 117 cm³/mol. The van der Waals surface area contributed by atoms with E-state index in [4.69, 9.17) is 11.6 Å². The van der Waals surface area contributed by atoms with Crippen LogP contribution in [0.5, 0.6) is 0 Å². The third kappa shape index (κ3) is 3.89. The SMILES string of the molecule is CC(=O)N(C)[C@H]1CC[C@@H](Nc2ncnc3[nH]cc(C(=O)c4ccccc4Cl)c23)CC1. The molecule has 156 valence electrons. The van der Waals surface area contributed by atoms with Crippen LogP contribution in [-0.4, -0.2) is 50.7 Å². The molecule has 2 heterocycles. The summed E-state index contributed by atoms with van der Waals surface area (Å²) >= 11 is 6.24. The maximum absolute atomic E-state index is 13.1. The molecule has 30 heavy (non-hydrogen) atoms. The normalized spacial score (nSPS) is 18.9. The fourth-order valence-electron chi connectivity index (χ4n) is 4.10. The van der Waals surface area contributed by atoms with E-state index in [9.17, 15) is 9.59 Å². The van der Waals surface area contributed by atoms with Crippen LogP contribution >= 0.6 is 11.6 Å². The predicted octanol–water partition coefficient (Wildman–Crippen LogP) is 4.04. The van der Waals surface area contributed by atoms with Gasteiger partial charge in [-0.25, -0.2) is 9.97 Å². The number of hydrogen-bond donors (Lipinski definition) is 2. The molecular weight excluding hydrogens is 402 g/mol. The second-order valence-corrected chi connectivity index (χ2v) is 8.14. The van der Waals surface area contributed by atoms with Crippen molar-refractivity contribution < 1.29 is 9.59 Å². The van der Waals surface area contributed by atoms with Gasteiger partial charge < -0.3 is 15.2 Å². The Morgan fingerprint density at radius 3 is 2.57 bits per heavy atom. The summed E-state index contributed by atoms with van der Waals surface area (Å²) in [6, 6.07) is 7.50. The first-order valence-corrected chi connectivity index (χ1v) is 10.4. The lowest BCUT2D eigenvalue weighted by Gasteiger charge is -2.34. The van der Waals surface area contributed by atoms with Crippen molar-refractivity contribution in [3.05, 3.63) is 52.9 Å². The molecule has 0 atom stereocenters. The van der Waals surface area contributed by atoms with Crippen molar-refractivity contribution in [2.24, 2.45) is 0 Å². The Morgan fingerprint density at radius 1 is 1.13 bits per heavy atom.